The summed E-state index contributed by atoms with van der Waals surface area (Å²) in [5.41, 5.74) is 1.16. The molecule has 1 fully saturated rings. The van der Waals surface area contributed by atoms with Gasteiger partial charge in [0.25, 0.3) is 5.89 Å². The number of aromatic nitrogens is 2. The first-order valence-electron chi connectivity index (χ1n) is 9.70. The zero-order chi connectivity index (χ0) is 21.1. The summed E-state index contributed by atoms with van der Waals surface area (Å²) in [5, 5.41) is 8.22. The molecule has 0 aliphatic carbocycles. The van der Waals surface area contributed by atoms with Crippen LogP contribution in [-0.4, -0.2) is 50.2 Å². The molecule has 0 unspecified atom stereocenters. The molecule has 0 saturated carbocycles. The fourth-order valence-corrected chi connectivity index (χ4v) is 5.22. The Hall–Kier alpha value is -2.91. The van der Waals surface area contributed by atoms with Crippen LogP contribution in [0.15, 0.2) is 51.8 Å². The van der Waals surface area contributed by atoms with Crippen LogP contribution in [0.4, 0.5) is 0 Å². The van der Waals surface area contributed by atoms with Crippen molar-refractivity contribution in [2.24, 2.45) is 0 Å². The minimum absolute atomic E-state index is 0.0986. The topological polar surface area (TPSA) is 94.8 Å². The van der Waals surface area contributed by atoms with E-state index < -0.39 is 10.0 Å². The molecule has 0 bridgehead atoms. The van der Waals surface area contributed by atoms with E-state index in [4.69, 9.17) is 13.9 Å². The number of ether oxygens (including phenoxy) is 2. The summed E-state index contributed by atoms with van der Waals surface area (Å²) < 4.78 is 44.5. The maximum Gasteiger partial charge on any atom is 0.251 e. The summed E-state index contributed by atoms with van der Waals surface area (Å²) in [4.78, 5) is 0.0986. The van der Waals surface area contributed by atoms with Crippen LogP contribution in [0.1, 0.15) is 19.3 Å². The van der Waals surface area contributed by atoms with E-state index in [1.54, 1.807) is 25.3 Å². The van der Waals surface area contributed by atoms with Crippen LogP contribution in [0.2, 0.25) is 0 Å². The van der Waals surface area contributed by atoms with Crippen molar-refractivity contribution in [2.45, 2.75) is 24.2 Å². The van der Waals surface area contributed by atoms with E-state index >= 15 is 0 Å². The number of methoxy groups -OCH3 is 2. The monoisotopic (exact) mass is 429 g/mol. The highest BCUT2D eigenvalue weighted by molar-refractivity contribution is 7.89. The van der Waals surface area contributed by atoms with Crippen molar-refractivity contribution in [2.75, 3.05) is 27.3 Å². The van der Waals surface area contributed by atoms with Crippen LogP contribution in [0.25, 0.3) is 22.9 Å². The Labute approximate surface area is 175 Å². The SMILES string of the molecule is COc1ccccc1-c1nnc(-c2ccc(OC)c(S(=O)(=O)N3CCCCC3)c2)o1. The lowest BCUT2D eigenvalue weighted by Crippen LogP contribution is -2.35. The number of sulfonamides is 1. The molecule has 2 aromatic carbocycles. The molecule has 8 nitrogen and oxygen atoms in total. The number of rotatable bonds is 6. The van der Waals surface area contributed by atoms with Crippen molar-refractivity contribution in [3.05, 3.63) is 42.5 Å². The van der Waals surface area contributed by atoms with Crippen LogP contribution in [-0.2, 0) is 10.0 Å². The van der Waals surface area contributed by atoms with Gasteiger partial charge in [-0.25, -0.2) is 8.42 Å². The highest BCUT2D eigenvalue weighted by Crippen LogP contribution is 2.34. The molecule has 1 aromatic heterocycles. The minimum atomic E-state index is -3.69. The highest BCUT2D eigenvalue weighted by atomic mass is 32.2. The molecule has 4 rings (SSSR count). The van der Waals surface area contributed by atoms with Crippen molar-refractivity contribution < 1.29 is 22.3 Å². The predicted octanol–water partition coefficient (Wildman–Crippen LogP) is 3.60. The molecular formula is C21H23N3O5S. The van der Waals surface area contributed by atoms with Gasteiger partial charge in [0, 0.05) is 18.7 Å². The van der Waals surface area contributed by atoms with E-state index in [2.05, 4.69) is 10.2 Å². The van der Waals surface area contributed by atoms with Crippen molar-refractivity contribution >= 4 is 10.0 Å². The number of para-hydroxylation sites is 1. The van der Waals surface area contributed by atoms with E-state index in [0.29, 0.717) is 35.9 Å². The molecule has 3 aromatic rings. The summed E-state index contributed by atoms with van der Waals surface area (Å²) in [5.74, 6) is 1.40. The number of hydrogen-bond acceptors (Lipinski definition) is 7. The van der Waals surface area contributed by atoms with Crippen molar-refractivity contribution in [1.82, 2.24) is 14.5 Å². The van der Waals surface area contributed by atoms with Gasteiger partial charge in [-0.3, -0.25) is 0 Å². The number of nitrogens with zero attached hydrogens (tertiary/aromatic N) is 3. The number of benzene rings is 2. The van der Waals surface area contributed by atoms with Gasteiger partial charge in [-0.05, 0) is 43.2 Å². The fourth-order valence-electron chi connectivity index (χ4n) is 3.53. The van der Waals surface area contributed by atoms with Crippen molar-refractivity contribution in [3.63, 3.8) is 0 Å². The number of hydrogen-bond donors (Lipinski definition) is 0. The summed E-state index contributed by atoms with van der Waals surface area (Å²) in [7, 11) is -0.671. The Morgan fingerprint density at radius 1 is 0.900 bits per heavy atom. The molecule has 0 amide bonds. The Balaban J connectivity index is 1.73. The first kappa shape index (κ1) is 20.4. The molecule has 1 saturated heterocycles. The second-order valence-corrected chi connectivity index (χ2v) is 8.85. The summed E-state index contributed by atoms with van der Waals surface area (Å²) >= 11 is 0. The van der Waals surface area contributed by atoms with E-state index in [9.17, 15) is 8.42 Å². The maximum absolute atomic E-state index is 13.2. The molecule has 30 heavy (non-hydrogen) atoms. The lowest BCUT2D eigenvalue weighted by Gasteiger charge is -2.26. The van der Waals surface area contributed by atoms with Crippen LogP contribution < -0.4 is 9.47 Å². The van der Waals surface area contributed by atoms with E-state index in [0.717, 1.165) is 19.3 Å². The first-order valence-corrected chi connectivity index (χ1v) is 11.1. The largest absolute Gasteiger partial charge is 0.496 e. The molecule has 2 heterocycles. The lowest BCUT2D eigenvalue weighted by molar-refractivity contribution is 0.343. The maximum atomic E-state index is 13.2. The van der Waals surface area contributed by atoms with Gasteiger partial charge in [0.15, 0.2) is 0 Å². The average molecular weight is 429 g/mol. The van der Waals surface area contributed by atoms with Gasteiger partial charge in [-0.2, -0.15) is 4.31 Å². The van der Waals surface area contributed by atoms with Gasteiger partial charge in [0.05, 0.1) is 19.8 Å². The van der Waals surface area contributed by atoms with E-state index in [1.165, 1.54) is 17.5 Å². The van der Waals surface area contributed by atoms with Gasteiger partial charge in [0.1, 0.15) is 16.4 Å². The zero-order valence-corrected chi connectivity index (χ0v) is 17.7. The van der Waals surface area contributed by atoms with Crippen LogP contribution in [0.3, 0.4) is 0 Å². The van der Waals surface area contributed by atoms with Gasteiger partial charge in [0.2, 0.25) is 15.9 Å². The van der Waals surface area contributed by atoms with Gasteiger partial charge >= 0.3 is 0 Å². The molecule has 0 spiro atoms. The summed E-state index contributed by atoms with van der Waals surface area (Å²) in [6.45, 7) is 1.02. The predicted molar refractivity (Wildman–Crippen MR) is 111 cm³/mol. The van der Waals surface area contributed by atoms with Crippen LogP contribution in [0, 0.1) is 0 Å². The zero-order valence-electron chi connectivity index (χ0n) is 16.9. The number of piperidine rings is 1. The van der Waals surface area contributed by atoms with Gasteiger partial charge < -0.3 is 13.9 Å². The quantitative estimate of drug-likeness (QED) is 0.591. The molecule has 0 radical (unpaired) electrons. The Bertz CT molecular complexity index is 1140. The molecule has 9 heteroatoms. The van der Waals surface area contributed by atoms with Crippen molar-refractivity contribution in [1.29, 1.82) is 0 Å². The molecule has 0 N–H and O–H groups in total. The summed E-state index contributed by atoms with van der Waals surface area (Å²) in [6.07, 6.45) is 2.75. The molecule has 1 aliphatic rings. The molecule has 0 atom stereocenters. The Kier molecular flexibility index (Phi) is 5.74. The van der Waals surface area contributed by atoms with Gasteiger partial charge in [-0.15, -0.1) is 10.2 Å². The van der Waals surface area contributed by atoms with Crippen molar-refractivity contribution in [3.8, 4) is 34.4 Å². The third-order valence-electron chi connectivity index (χ3n) is 5.11. The third kappa shape index (κ3) is 3.78. The fraction of sp³-hybridized carbons (Fsp3) is 0.333. The van der Waals surface area contributed by atoms with E-state index in [1.807, 2.05) is 18.2 Å². The minimum Gasteiger partial charge on any atom is -0.496 e. The first-order chi connectivity index (χ1) is 14.5. The molecular weight excluding hydrogens is 406 g/mol. The standard InChI is InChI=1S/C21H23N3O5S/c1-27-17-9-5-4-8-16(17)21-23-22-20(29-21)15-10-11-18(28-2)19(14-15)30(25,26)24-12-6-3-7-13-24/h4-5,8-11,14H,3,6-7,12-13H2,1-2H3. The molecule has 158 valence electrons. The molecule has 1 aliphatic heterocycles. The second kappa shape index (κ2) is 8.45. The van der Waals surface area contributed by atoms with Crippen LogP contribution >= 0.6 is 0 Å². The van der Waals surface area contributed by atoms with Gasteiger partial charge in [-0.1, -0.05) is 18.6 Å². The lowest BCUT2D eigenvalue weighted by atomic mass is 10.2. The third-order valence-corrected chi connectivity index (χ3v) is 7.03. The normalized spacial score (nSPS) is 15.1. The summed E-state index contributed by atoms with van der Waals surface area (Å²) in [6, 6.07) is 12.2. The highest BCUT2D eigenvalue weighted by Gasteiger charge is 2.29. The van der Waals surface area contributed by atoms with E-state index in [-0.39, 0.29) is 16.5 Å². The Morgan fingerprint density at radius 2 is 1.60 bits per heavy atom. The van der Waals surface area contributed by atoms with Crippen LogP contribution in [0.5, 0.6) is 11.5 Å². The smallest absolute Gasteiger partial charge is 0.251 e. The second-order valence-electron chi connectivity index (χ2n) is 6.94. The Morgan fingerprint density at radius 3 is 2.33 bits per heavy atom. The average Bonchev–Trinajstić information content (AvgIpc) is 3.29.